The molecule has 4 rings (SSSR count). The number of nitro benzene ring substituents is 1. The molecule has 2 N–H and O–H groups in total. The average Bonchev–Trinajstić information content (AvgIpc) is 3.30. The fourth-order valence-corrected chi connectivity index (χ4v) is 3.56. The van der Waals surface area contributed by atoms with Gasteiger partial charge in [0.1, 0.15) is 5.69 Å². The van der Waals surface area contributed by atoms with Gasteiger partial charge >= 0.3 is 0 Å². The lowest BCUT2D eigenvalue weighted by molar-refractivity contribution is -0.384. The molecule has 36 heavy (non-hydrogen) atoms. The molecule has 182 valence electrons. The Bertz CT molecular complexity index is 1470. The highest BCUT2D eigenvalue weighted by Crippen LogP contribution is 2.29. The maximum absolute atomic E-state index is 11.7. The molecule has 0 bridgehead atoms. The molecule has 9 heteroatoms. The number of methoxy groups -OCH3 is 2. The van der Waals surface area contributed by atoms with E-state index in [0.717, 1.165) is 11.1 Å². The molecule has 0 aliphatic carbocycles. The van der Waals surface area contributed by atoms with Gasteiger partial charge in [0.25, 0.3) is 5.69 Å². The number of hydrogen-bond donors (Lipinski definition) is 2. The molecular formula is C27H23N3O6. The fraction of sp³-hybridized carbons (Fsp3) is 0.0741. The van der Waals surface area contributed by atoms with Crippen LogP contribution in [0.15, 0.2) is 66.7 Å². The van der Waals surface area contributed by atoms with Crippen LogP contribution in [-0.2, 0) is 0 Å². The van der Waals surface area contributed by atoms with Gasteiger partial charge in [-0.1, -0.05) is 36.4 Å². The highest BCUT2D eigenvalue weighted by Gasteiger charge is 2.17. The van der Waals surface area contributed by atoms with Crippen molar-refractivity contribution in [2.24, 2.45) is 0 Å². The molecule has 0 saturated carbocycles. The zero-order valence-corrected chi connectivity index (χ0v) is 19.5. The normalized spacial score (nSPS) is 11.3. The van der Waals surface area contributed by atoms with Gasteiger partial charge in [0.2, 0.25) is 0 Å². The summed E-state index contributed by atoms with van der Waals surface area (Å²) in [5, 5.41) is 35.9. The number of rotatable bonds is 8. The van der Waals surface area contributed by atoms with Gasteiger partial charge in [0.05, 0.1) is 30.5 Å². The fourth-order valence-electron chi connectivity index (χ4n) is 3.56. The Morgan fingerprint density at radius 2 is 1.42 bits per heavy atom. The van der Waals surface area contributed by atoms with E-state index in [2.05, 4.69) is 5.10 Å². The molecule has 1 aromatic heterocycles. The van der Waals surface area contributed by atoms with Crippen molar-refractivity contribution in [3.8, 4) is 28.7 Å². The summed E-state index contributed by atoms with van der Waals surface area (Å²) in [6.07, 6.45) is 7.13. The predicted molar refractivity (Wildman–Crippen MR) is 137 cm³/mol. The summed E-state index contributed by atoms with van der Waals surface area (Å²) in [4.78, 5) is 11.2. The topological polar surface area (TPSA) is 120 Å². The number of benzene rings is 3. The number of para-hydroxylation sites is 2. The van der Waals surface area contributed by atoms with Crippen molar-refractivity contribution < 1.29 is 24.6 Å². The first-order valence-electron chi connectivity index (χ1n) is 10.8. The third-order valence-electron chi connectivity index (χ3n) is 5.36. The molecule has 0 atom stereocenters. The summed E-state index contributed by atoms with van der Waals surface area (Å²) in [6, 6.07) is 18.0. The van der Waals surface area contributed by atoms with Crippen molar-refractivity contribution >= 4 is 30.0 Å². The predicted octanol–water partition coefficient (Wildman–Crippen LogP) is 5.55. The van der Waals surface area contributed by atoms with Crippen molar-refractivity contribution in [1.82, 2.24) is 9.78 Å². The Hall–Kier alpha value is -5.05. The molecule has 1 heterocycles. The van der Waals surface area contributed by atoms with Crippen LogP contribution in [0.2, 0.25) is 0 Å². The number of nitro groups is 1. The third-order valence-corrected chi connectivity index (χ3v) is 5.36. The molecule has 0 aliphatic rings. The molecule has 0 spiro atoms. The van der Waals surface area contributed by atoms with Gasteiger partial charge in [0, 0.05) is 6.07 Å². The van der Waals surface area contributed by atoms with Gasteiger partial charge < -0.3 is 19.7 Å². The summed E-state index contributed by atoms with van der Waals surface area (Å²) in [5.41, 5.74) is 2.92. The number of phenolic OH excluding ortho intramolecular Hbond substituents is 2. The first-order valence-corrected chi connectivity index (χ1v) is 10.8. The van der Waals surface area contributed by atoms with Crippen molar-refractivity contribution in [3.63, 3.8) is 0 Å². The second kappa shape index (κ2) is 10.5. The molecule has 0 saturated heterocycles. The molecular weight excluding hydrogens is 462 g/mol. The lowest BCUT2D eigenvalue weighted by Crippen LogP contribution is -2.03. The highest BCUT2D eigenvalue weighted by molar-refractivity contribution is 5.74. The number of aromatic hydroxyl groups is 2. The van der Waals surface area contributed by atoms with Gasteiger partial charge in [-0.05, 0) is 59.7 Å². The van der Waals surface area contributed by atoms with E-state index in [1.807, 2.05) is 0 Å². The molecule has 3 aromatic carbocycles. The third kappa shape index (κ3) is 5.20. The quantitative estimate of drug-likeness (QED) is 0.248. The highest BCUT2D eigenvalue weighted by atomic mass is 16.6. The van der Waals surface area contributed by atoms with Gasteiger partial charge in [-0.3, -0.25) is 10.1 Å². The van der Waals surface area contributed by atoms with E-state index >= 15 is 0 Å². The number of hydrogen-bond acceptors (Lipinski definition) is 7. The van der Waals surface area contributed by atoms with Crippen LogP contribution in [0.1, 0.15) is 22.5 Å². The van der Waals surface area contributed by atoms with E-state index in [9.17, 15) is 20.3 Å². The first kappa shape index (κ1) is 24.1. The van der Waals surface area contributed by atoms with Crippen LogP contribution in [-0.4, -0.2) is 39.1 Å². The number of nitrogens with zero attached hydrogens (tertiary/aromatic N) is 3. The maximum Gasteiger partial charge on any atom is 0.294 e. The molecule has 0 aliphatic heterocycles. The van der Waals surface area contributed by atoms with E-state index in [-0.39, 0.29) is 17.2 Å². The standard InChI is InChI=1S/C27H23N3O6/c1-35-26-15-18(9-13-24(26)31)7-11-20-17-21(12-8-19-10-14-25(32)27(16-19)36-2)29(28-20)22-5-3-4-6-23(22)30(33)34/h3-17,31-32H,1-2H3/b11-7+,12-8+. The van der Waals surface area contributed by atoms with Crippen LogP contribution in [0.25, 0.3) is 30.0 Å². The minimum Gasteiger partial charge on any atom is -0.504 e. The Morgan fingerprint density at radius 3 is 2.00 bits per heavy atom. The largest absolute Gasteiger partial charge is 0.504 e. The summed E-state index contributed by atoms with van der Waals surface area (Å²) in [6.45, 7) is 0. The minimum atomic E-state index is -0.451. The molecule has 4 aromatic rings. The van der Waals surface area contributed by atoms with E-state index in [1.54, 1.807) is 72.8 Å². The van der Waals surface area contributed by atoms with Gasteiger partial charge in [-0.2, -0.15) is 5.10 Å². The zero-order chi connectivity index (χ0) is 25.7. The van der Waals surface area contributed by atoms with Crippen molar-refractivity contribution in [3.05, 3.63) is 99.4 Å². The molecule has 0 fully saturated rings. The van der Waals surface area contributed by atoms with E-state index in [1.165, 1.54) is 37.1 Å². The lowest BCUT2D eigenvalue weighted by Gasteiger charge is -2.06. The Balaban J connectivity index is 1.76. The number of aromatic nitrogens is 2. The average molecular weight is 485 g/mol. The molecule has 0 amide bonds. The van der Waals surface area contributed by atoms with E-state index in [0.29, 0.717) is 28.6 Å². The molecule has 0 unspecified atom stereocenters. The first-order chi connectivity index (χ1) is 17.4. The Kier molecular flexibility index (Phi) is 7.01. The number of ether oxygens (including phenoxy) is 2. The molecule has 0 radical (unpaired) electrons. The summed E-state index contributed by atoms with van der Waals surface area (Å²) in [7, 11) is 2.94. The maximum atomic E-state index is 11.7. The zero-order valence-electron chi connectivity index (χ0n) is 19.5. The van der Waals surface area contributed by atoms with Crippen LogP contribution >= 0.6 is 0 Å². The Labute approximate surface area is 206 Å². The van der Waals surface area contributed by atoms with Crippen molar-refractivity contribution in [1.29, 1.82) is 0 Å². The van der Waals surface area contributed by atoms with Crippen LogP contribution in [0.3, 0.4) is 0 Å². The minimum absolute atomic E-state index is 0.0258. The van der Waals surface area contributed by atoms with Crippen molar-refractivity contribution in [2.75, 3.05) is 14.2 Å². The summed E-state index contributed by atoms with van der Waals surface area (Å²) >= 11 is 0. The number of phenols is 2. The summed E-state index contributed by atoms with van der Waals surface area (Å²) < 4.78 is 11.8. The smallest absolute Gasteiger partial charge is 0.294 e. The van der Waals surface area contributed by atoms with Gasteiger partial charge in [0.15, 0.2) is 23.0 Å². The van der Waals surface area contributed by atoms with Crippen molar-refractivity contribution in [2.45, 2.75) is 0 Å². The monoisotopic (exact) mass is 485 g/mol. The SMILES string of the molecule is COc1cc(/C=C/c2cc(/C=C/c3ccc(O)c(OC)c3)n(-c3ccccc3[N+](=O)[O-])n2)ccc1O. The molecule has 9 nitrogen and oxygen atoms in total. The second-order valence-corrected chi connectivity index (χ2v) is 7.68. The summed E-state index contributed by atoms with van der Waals surface area (Å²) in [5.74, 6) is 0.735. The van der Waals surface area contributed by atoms with E-state index in [4.69, 9.17) is 9.47 Å². The van der Waals surface area contributed by atoms with Gasteiger partial charge in [-0.25, -0.2) is 4.68 Å². The van der Waals surface area contributed by atoms with Crippen LogP contribution in [0, 0.1) is 10.1 Å². The van der Waals surface area contributed by atoms with Gasteiger partial charge in [-0.15, -0.1) is 0 Å². The van der Waals surface area contributed by atoms with Crippen LogP contribution in [0.4, 0.5) is 5.69 Å². The second-order valence-electron chi connectivity index (χ2n) is 7.68. The van der Waals surface area contributed by atoms with E-state index < -0.39 is 4.92 Å². The van der Waals surface area contributed by atoms with Crippen LogP contribution < -0.4 is 9.47 Å². The lowest BCUT2D eigenvalue weighted by atomic mass is 10.1. The Morgan fingerprint density at radius 1 is 0.833 bits per heavy atom. The van der Waals surface area contributed by atoms with Crippen LogP contribution in [0.5, 0.6) is 23.0 Å².